The molecule has 0 saturated carbocycles. The first-order valence-corrected chi connectivity index (χ1v) is 1.91. The van der Waals surface area contributed by atoms with Gasteiger partial charge in [-0.2, -0.15) is 10.3 Å². The Labute approximate surface area is 50.8 Å². The number of primary amides is 1. The van der Waals surface area contributed by atoms with Crippen molar-refractivity contribution in [2.24, 2.45) is 5.73 Å². The van der Waals surface area contributed by atoms with Gasteiger partial charge in [-0.05, 0) is 0 Å². The van der Waals surface area contributed by atoms with Gasteiger partial charge >= 0.3 is 6.03 Å². The number of nitriles is 1. The van der Waals surface area contributed by atoms with E-state index in [1.165, 1.54) is 6.19 Å². The molecule has 0 fully saturated rings. The summed E-state index contributed by atoms with van der Waals surface area (Å²) >= 11 is 0. The number of nitrogens with one attached hydrogen (secondary N) is 1. The Bertz CT molecular complexity index is 160. The number of carbonyl (C=O) groups is 2. The van der Waals surface area contributed by atoms with Crippen LogP contribution in [0.1, 0.15) is 0 Å². The summed E-state index contributed by atoms with van der Waals surface area (Å²) in [7, 11) is 0. The van der Waals surface area contributed by atoms with Crippen LogP contribution in [0.3, 0.4) is 0 Å². The molecule has 0 aromatic heterocycles. The van der Waals surface area contributed by atoms with Crippen LogP contribution in [0.15, 0.2) is 0 Å². The van der Waals surface area contributed by atoms with Gasteiger partial charge in [-0.3, -0.25) is 4.79 Å². The molecule has 6 heteroatoms. The van der Waals surface area contributed by atoms with E-state index in [4.69, 9.17) is 5.26 Å². The van der Waals surface area contributed by atoms with Gasteiger partial charge in [0.15, 0.2) is 6.19 Å². The molecule has 0 aromatic rings. The maximum absolute atomic E-state index is 10.0. The molecule has 0 atom stereocenters. The lowest BCUT2D eigenvalue weighted by molar-refractivity contribution is -0.116. The van der Waals surface area contributed by atoms with Gasteiger partial charge in [0, 0.05) is 0 Å². The van der Waals surface area contributed by atoms with Gasteiger partial charge in [0.25, 0.3) is 0 Å². The fraction of sp³-hybridized carbons (Fsp3) is 0. The summed E-state index contributed by atoms with van der Waals surface area (Å²) in [5.74, 6) is 0. The lowest BCUT2D eigenvalue weighted by Gasteiger charge is -2.05. The van der Waals surface area contributed by atoms with Crippen molar-refractivity contribution >= 4 is 12.4 Å². The van der Waals surface area contributed by atoms with Crippen LogP contribution >= 0.6 is 0 Å². The fourth-order valence-electron chi connectivity index (χ4n) is 0.187. The normalized spacial score (nSPS) is 7.00. The summed E-state index contributed by atoms with van der Waals surface area (Å²) in [4.78, 5) is 19.8. The van der Waals surface area contributed by atoms with E-state index in [0.717, 1.165) is 0 Å². The molecular formula is C3H4N4O2. The molecule has 0 unspecified atom stereocenters. The maximum Gasteiger partial charge on any atom is 0.341 e. The number of rotatable bonds is 2. The van der Waals surface area contributed by atoms with E-state index in [1.807, 2.05) is 0 Å². The highest BCUT2D eigenvalue weighted by Gasteiger charge is 2.03. The molecule has 0 aromatic carbocycles. The molecule has 0 radical (unpaired) electrons. The van der Waals surface area contributed by atoms with Gasteiger partial charge in [-0.1, -0.05) is 0 Å². The van der Waals surface area contributed by atoms with Crippen LogP contribution in [0.5, 0.6) is 0 Å². The minimum atomic E-state index is -1.02. The molecule has 0 aliphatic heterocycles. The molecule has 6 nitrogen and oxygen atoms in total. The zero-order chi connectivity index (χ0) is 7.28. The highest BCUT2D eigenvalue weighted by Crippen LogP contribution is 1.70. The fourth-order valence-corrected chi connectivity index (χ4v) is 0.187. The number of amides is 3. The van der Waals surface area contributed by atoms with Crippen molar-refractivity contribution in [3.63, 3.8) is 0 Å². The first-order valence-electron chi connectivity index (χ1n) is 1.91. The molecule has 0 bridgehead atoms. The number of imide groups is 1. The zero-order valence-electron chi connectivity index (χ0n) is 4.37. The van der Waals surface area contributed by atoms with Gasteiger partial charge in [0.05, 0.1) is 0 Å². The number of hydrogen-bond donors (Lipinski definition) is 2. The number of carbonyl (C=O) groups excluding carboxylic acids is 2. The summed E-state index contributed by atoms with van der Waals surface area (Å²) in [5.41, 5.74) is 6.30. The predicted octanol–water partition coefficient (Wildman–Crippen LogP) is -1.49. The first kappa shape index (κ1) is 7.23. The average Bonchev–Trinajstić information content (AvgIpc) is 1.82. The molecule has 0 spiro atoms. The van der Waals surface area contributed by atoms with Crippen LogP contribution in [0.25, 0.3) is 0 Å². The summed E-state index contributed by atoms with van der Waals surface area (Å²) in [6.45, 7) is 0. The van der Waals surface area contributed by atoms with Crippen LogP contribution < -0.4 is 11.2 Å². The van der Waals surface area contributed by atoms with E-state index in [2.05, 4.69) is 5.73 Å². The van der Waals surface area contributed by atoms with Gasteiger partial charge in [-0.15, -0.1) is 0 Å². The van der Waals surface area contributed by atoms with Crippen molar-refractivity contribution < 1.29 is 9.59 Å². The summed E-state index contributed by atoms with van der Waals surface area (Å²) < 4.78 is 0. The minimum Gasteiger partial charge on any atom is -0.350 e. The van der Waals surface area contributed by atoms with Crippen molar-refractivity contribution in [2.45, 2.75) is 0 Å². The second-order valence-electron chi connectivity index (χ2n) is 1.04. The van der Waals surface area contributed by atoms with Gasteiger partial charge in [0.1, 0.15) is 0 Å². The summed E-state index contributed by atoms with van der Waals surface area (Å²) in [6.07, 6.45) is 1.45. The smallest absolute Gasteiger partial charge is 0.341 e. The third-order valence-corrected chi connectivity index (χ3v) is 0.513. The summed E-state index contributed by atoms with van der Waals surface area (Å²) in [5, 5.41) is 8.17. The van der Waals surface area contributed by atoms with Crippen molar-refractivity contribution in [2.75, 3.05) is 0 Å². The van der Waals surface area contributed by atoms with E-state index >= 15 is 0 Å². The lowest BCUT2D eigenvalue weighted by Crippen LogP contribution is -2.42. The third-order valence-electron chi connectivity index (χ3n) is 0.513. The van der Waals surface area contributed by atoms with Crippen LogP contribution in [0.2, 0.25) is 0 Å². The highest BCUT2D eigenvalue weighted by molar-refractivity contribution is 5.82. The third kappa shape index (κ3) is 2.13. The number of hydrogen-bond acceptors (Lipinski definition) is 4. The van der Waals surface area contributed by atoms with E-state index in [-0.39, 0.29) is 6.41 Å². The van der Waals surface area contributed by atoms with Crippen molar-refractivity contribution in [1.29, 1.82) is 5.26 Å². The van der Waals surface area contributed by atoms with Crippen LogP contribution in [0.4, 0.5) is 4.79 Å². The number of nitrogens with two attached hydrogens (primary N) is 1. The Hall–Kier alpha value is -1.77. The molecule has 0 aliphatic carbocycles. The quantitative estimate of drug-likeness (QED) is 0.205. The Morgan fingerprint density at radius 2 is 2.44 bits per heavy atom. The average molecular weight is 128 g/mol. The standard InChI is InChI=1S/C3H4N4O2/c4-1-6-7(2-8)3(5)9/h2,6H,(H2,5,9). The van der Waals surface area contributed by atoms with Crippen LogP contribution in [0, 0.1) is 11.5 Å². The second-order valence-corrected chi connectivity index (χ2v) is 1.04. The van der Waals surface area contributed by atoms with E-state index < -0.39 is 6.03 Å². The first-order chi connectivity index (χ1) is 4.22. The van der Waals surface area contributed by atoms with Gasteiger partial charge < -0.3 is 5.73 Å². The monoisotopic (exact) mass is 128 g/mol. The lowest BCUT2D eigenvalue weighted by atomic mass is 10.9. The van der Waals surface area contributed by atoms with Crippen LogP contribution in [-0.4, -0.2) is 17.5 Å². The second kappa shape index (κ2) is 3.26. The number of urea groups is 1. The molecule has 48 valence electrons. The number of hydrazine groups is 1. The van der Waals surface area contributed by atoms with Crippen LogP contribution in [-0.2, 0) is 4.79 Å². The Morgan fingerprint density at radius 3 is 2.56 bits per heavy atom. The Balaban J connectivity index is 3.86. The van der Waals surface area contributed by atoms with Crippen molar-refractivity contribution in [3.8, 4) is 6.19 Å². The molecule has 3 N–H and O–H groups in total. The predicted molar refractivity (Wildman–Crippen MR) is 26.2 cm³/mol. The molecule has 0 saturated heterocycles. The zero-order valence-corrected chi connectivity index (χ0v) is 4.37. The van der Waals surface area contributed by atoms with E-state index in [1.54, 1.807) is 5.43 Å². The maximum atomic E-state index is 10.0. The molecule has 9 heavy (non-hydrogen) atoms. The summed E-state index contributed by atoms with van der Waals surface area (Å²) in [6, 6.07) is -1.02. The Morgan fingerprint density at radius 1 is 1.89 bits per heavy atom. The minimum absolute atomic E-state index is 0.103. The SMILES string of the molecule is N#CNN(C=O)C(N)=O. The molecular weight excluding hydrogens is 124 g/mol. The van der Waals surface area contributed by atoms with Gasteiger partial charge in [0.2, 0.25) is 6.41 Å². The Kier molecular flexibility index (Phi) is 2.62. The molecule has 0 rings (SSSR count). The van der Waals surface area contributed by atoms with E-state index in [0.29, 0.717) is 5.01 Å². The topological polar surface area (TPSA) is 99.2 Å². The molecule has 0 aliphatic rings. The van der Waals surface area contributed by atoms with Crippen molar-refractivity contribution in [3.05, 3.63) is 0 Å². The molecule has 0 heterocycles. The van der Waals surface area contributed by atoms with Crippen molar-refractivity contribution in [1.82, 2.24) is 10.4 Å². The van der Waals surface area contributed by atoms with Gasteiger partial charge in [-0.25, -0.2) is 10.2 Å². The molecule has 3 amide bonds. The highest BCUT2D eigenvalue weighted by atomic mass is 16.2. The number of nitrogens with zero attached hydrogens (tertiary/aromatic N) is 2. The van der Waals surface area contributed by atoms with E-state index in [9.17, 15) is 9.59 Å². The largest absolute Gasteiger partial charge is 0.350 e.